The van der Waals surface area contributed by atoms with Crippen LogP contribution in [0.5, 0.6) is 5.75 Å². The van der Waals surface area contributed by atoms with Gasteiger partial charge in [-0.25, -0.2) is 0 Å². The number of hydrogen-bond donors (Lipinski definition) is 2. The summed E-state index contributed by atoms with van der Waals surface area (Å²) < 4.78 is 10.8. The van der Waals surface area contributed by atoms with Gasteiger partial charge in [0, 0.05) is 45.4 Å². The maximum Gasteiger partial charge on any atom is 0.269 e. The zero-order valence-corrected chi connectivity index (χ0v) is 17.9. The standard InChI is InChI=1S/C22H29N5O4/c1-23-22(24-15-17-4-3-5-19(14-17)27(28)29)25-16-21(26-10-12-31-13-11-26)18-6-8-20(30-2)9-7-18/h3-9,14,21H,10-13,15-16H2,1-2H3,(H2,23,24,25). The molecule has 2 N–H and O–H groups in total. The highest BCUT2D eigenvalue weighted by atomic mass is 16.6. The fourth-order valence-corrected chi connectivity index (χ4v) is 3.55. The number of benzene rings is 2. The molecule has 0 saturated carbocycles. The number of methoxy groups -OCH3 is 1. The highest BCUT2D eigenvalue weighted by Gasteiger charge is 2.23. The number of nitrogens with one attached hydrogen (secondary N) is 2. The minimum absolute atomic E-state index is 0.0779. The molecule has 9 heteroatoms. The summed E-state index contributed by atoms with van der Waals surface area (Å²) in [5.74, 6) is 1.46. The number of non-ortho nitro benzene ring substituents is 1. The number of nitro benzene ring substituents is 1. The van der Waals surface area contributed by atoms with E-state index >= 15 is 0 Å². The molecule has 0 aromatic heterocycles. The van der Waals surface area contributed by atoms with E-state index in [1.165, 1.54) is 11.6 Å². The van der Waals surface area contributed by atoms with Crippen LogP contribution in [-0.2, 0) is 11.3 Å². The quantitative estimate of drug-likeness (QED) is 0.289. The lowest BCUT2D eigenvalue weighted by atomic mass is 10.0. The number of ether oxygens (including phenoxy) is 2. The Morgan fingerprint density at radius 2 is 1.97 bits per heavy atom. The Hall–Kier alpha value is -3.17. The Labute approximate surface area is 182 Å². The van der Waals surface area contributed by atoms with Crippen molar-refractivity contribution in [3.05, 3.63) is 69.8 Å². The van der Waals surface area contributed by atoms with Gasteiger partial charge in [-0.3, -0.25) is 20.0 Å². The average molecular weight is 428 g/mol. The summed E-state index contributed by atoms with van der Waals surface area (Å²) in [5, 5.41) is 17.6. The zero-order valence-electron chi connectivity index (χ0n) is 17.9. The summed E-state index contributed by atoms with van der Waals surface area (Å²) in [5.41, 5.74) is 2.08. The van der Waals surface area contributed by atoms with Crippen molar-refractivity contribution in [2.45, 2.75) is 12.6 Å². The lowest BCUT2D eigenvalue weighted by molar-refractivity contribution is -0.384. The molecule has 166 valence electrons. The fourth-order valence-electron chi connectivity index (χ4n) is 3.55. The lowest BCUT2D eigenvalue weighted by Crippen LogP contribution is -2.46. The van der Waals surface area contributed by atoms with Crippen molar-refractivity contribution >= 4 is 11.6 Å². The van der Waals surface area contributed by atoms with Crippen LogP contribution in [0.25, 0.3) is 0 Å². The van der Waals surface area contributed by atoms with Crippen molar-refractivity contribution in [3.63, 3.8) is 0 Å². The Morgan fingerprint density at radius 3 is 2.61 bits per heavy atom. The van der Waals surface area contributed by atoms with Gasteiger partial charge in [-0.2, -0.15) is 0 Å². The first-order valence-corrected chi connectivity index (χ1v) is 10.2. The third-order valence-corrected chi connectivity index (χ3v) is 5.25. The van der Waals surface area contributed by atoms with Crippen LogP contribution in [0, 0.1) is 10.1 Å². The Bertz CT molecular complexity index is 882. The van der Waals surface area contributed by atoms with Gasteiger partial charge in [-0.1, -0.05) is 24.3 Å². The molecule has 1 aliphatic heterocycles. The molecular weight excluding hydrogens is 398 g/mol. The van der Waals surface area contributed by atoms with Gasteiger partial charge in [0.15, 0.2) is 5.96 Å². The van der Waals surface area contributed by atoms with E-state index in [0.717, 1.165) is 24.4 Å². The molecule has 1 fully saturated rings. The van der Waals surface area contributed by atoms with Gasteiger partial charge in [-0.15, -0.1) is 0 Å². The van der Waals surface area contributed by atoms with Crippen molar-refractivity contribution in [2.24, 2.45) is 4.99 Å². The number of nitrogens with zero attached hydrogens (tertiary/aromatic N) is 3. The van der Waals surface area contributed by atoms with Gasteiger partial charge in [0.2, 0.25) is 0 Å². The normalized spacial score (nSPS) is 15.9. The molecule has 1 unspecified atom stereocenters. The van der Waals surface area contributed by atoms with Gasteiger partial charge < -0.3 is 20.1 Å². The first-order chi connectivity index (χ1) is 15.1. The van der Waals surface area contributed by atoms with Gasteiger partial charge in [0.25, 0.3) is 5.69 Å². The average Bonchev–Trinajstić information content (AvgIpc) is 2.82. The molecule has 0 radical (unpaired) electrons. The molecule has 0 aliphatic carbocycles. The summed E-state index contributed by atoms with van der Waals surface area (Å²) >= 11 is 0. The SMILES string of the molecule is CN=C(NCc1cccc([N+](=O)[O-])c1)NCC(c1ccc(OC)cc1)N1CCOCC1. The summed E-state index contributed by atoms with van der Waals surface area (Å²) in [4.78, 5) is 17.3. The van der Waals surface area contributed by atoms with E-state index < -0.39 is 4.92 Å². The molecule has 31 heavy (non-hydrogen) atoms. The molecule has 9 nitrogen and oxygen atoms in total. The molecule has 1 saturated heterocycles. The van der Waals surface area contributed by atoms with Gasteiger partial charge in [0.1, 0.15) is 5.75 Å². The van der Waals surface area contributed by atoms with Crippen LogP contribution in [0.3, 0.4) is 0 Å². The lowest BCUT2D eigenvalue weighted by Gasteiger charge is -2.35. The van der Waals surface area contributed by atoms with Gasteiger partial charge in [-0.05, 0) is 23.3 Å². The molecule has 1 heterocycles. The second-order valence-electron chi connectivity index (χ2n) is 7.17. The minimum Gasteiger partial charge on any atom is -0.497 e. The second kappa shape index (κ2) is 11.3. The van der Waals surface area contributed by atoms with Crippen molar-refractivity contribution in [2.75, 3.05) is 47.0 Å². The summed E-state index contributed by atoms with van der Waals surface area (Å²) in [7, 11) is 3.37. The van der Waals surface area contributed by atoms with E-state index in [1.54, 1.807) is 26.3 Å². The van der Waals surface area contributed by atoms with Gasteiger partial charge >= 0.3 is 0 Å². The monoisotopic (exact) mass is 427 g/mol. The molecular formula is C22H29N5O4. The predicted octanol–water partition coefficient (Wildman–Crippen LogP) is 2.34. The van der Waals surface area contributed by atoms with E-state index in [9.17, 15) is 10.1 Å². The first-order valence-electron chi connectivity index (χ1n) is 10.2. The van der Waals surface area contributed by atoms with Crippen molar-refractivity contribution < 1.29 is 14.4 Å². The minimum atomic E-state index is -0.391. The maximum absolute atomic E-state index is 11.0. The van der Waals surface area contributed by atoms with Crippen LogP contribution < -0.4 is 15.4 Å². The van der Waals surface area contributed by atoms with E-state index in [4.69, 9.17) is 9.47 Å². The van der Waals surface area contributed by atoms with E-state index in [-0.39, 0.29) is 11.7 Å². The van der Waals surface area contributed by atoms with Crippen LogP contribution >= 0.6 is 0 Å². The van der Waals surface area contributed by atoms with Crippen molar-refractivity contribution in [1.29, 1.82) is 0 Å². The van der Waals surface area contributed by atoms with Crippen molar-refractivity contribution in [1.82, 2.24) is 15.5 Å². The number of rotatable bonds is 8. The highest BCUT2D eigenvalue weighted by Crippen LogP contribution is 2.23. The Balaban J connectivity index is 1.64. The number of aliphatic imine (C=N–C) groups is 1. The topological polar surface area (TPSA) is 101 Å². The zero-order chi connectivity index (χ0) is 22.1. The third kappa shape index (κ3) is 6.40. The molecule has 0 spiro atoms. The molecule has 2 aromatic carbocycles. The number of nitro groups is 1. The maximum atomic E-state index is 11.0. The molecule has 0 amide bonds. The van der Waals surface area contributed by atoms with Crippen LogP contribution in [0.4, 0.5) is 5.69 Å². The van der Waals surface area contributed by atoms with Crippen LogP contribution in [-0.4, -0.2) is 62.8 Å². The molecule has 3 rings (SSSR count). The Morgan fingerprint density at radius 1 is 1.23 bits per heavy atom. The second-order valence-corrected chi connectivity index (χ2v) is 7.17. The summed E-state index contributed by atoms with van der Waals surface area (Å²) in [6.45, 7) is 4.24. The Kier molecular flexibility index (Phi) is 8.19. The molecule has 1 atom stereocenters. The highest BCUT2D eigenvalue weighted by molar-refractivity contribution is 5.79. The van der Waals surface area contributed by atoms with Crippen LogP contribution in [0.2, 0.25) is 0 Å². The van der Waals surface area contributed by atoms with E-state index in [0.29, 0.717) is 32.3 Å². The predicted molar refractivity (Wildman–Crippen MR) is 119 cm³/mol. The molecule has 1 aliphatic rings. The number of guanidine groups is 1. The van der Waals surface area contributed by atoms with Crippen LogP contribution in [0.15, 0.2) is 53.5 Å². The van der Waals surface area contributed by atoms with Gasteiger partial charge in [0.05, 0.1) is 31.3 Å². The van der Waals surface area contributed by atoms with E-state index in [2.05, 4.69) is 32.7 Å². The summed E-state index contributed by atoms with van der Waals surface area (Å²) in [6, 6.07) is 14.8. The fraction of sp³-hybridized carbons (Fsp3) is 0.409. The largest absolute Gasteiger partial charge is 0.497 e. The smallest absolute Gasteiger partial charge is 0.269 e. The molecule has 2 aromatic rings. The molecule has 0 bridgehead atoms. The number of hydrogen-bond acceptors (Lipinski definition) is 6. The summed E-state index contributed by atoms with van der Waals surface area (Å²) in [6.07, 6.45) is 0. The first kappa shape index (κ1) is 22.5. The van der Waals surface area contributed by atoms with Crippen LogP contribution in [0.1, 0.15) is 17.2 Å². The number of morpholine rings is 1. The third-order valence-electron chi connectivity index (χ3n) is 5.25. The van der Waals surface area contributed by atoms with Crippen molar-refractivity contribution in [3.8, 4) is 5.75 Å². The van der Waals surface area contributed by atoms with E-state index in [1.807, 2.05) is 18.2 Å².